The van der Waals surface area contributed by atoms with Crippen LogP contribution in [-0.4, -0.2) is 83.9 Å². The number of benzene rings is 1. The van der Waals surface area contributed by atoms with Gasteiger partial charge in [-0.3, -0.25) is 9.59 Å². The quantitative estimate of drug-likeness (QED) is 0.256. The molecule has 0 aliphatic carbocycles. The first kappa shape index (κ1) is 30.9. The molecule has 13 nitrogen and oxygen atoms in total. The Morgan fingerprint density at radius 3 is 2.43 bits per heavy atom. The molecule has 2 aliphatic heterocycles. The van der Waals surface area contributed by atoms with Crippen molar-refractivity contribution in [2.24, 2.45) is 0 Å². The Hall–Kier alpha value is -5.14. The molecule has 4 aromatic rings. The van der Waals surface area contributed by atoms with E-state index in [1.165, 1.54) is 13.2 Å². The van der Waals surface area contributed by atoms with E-state index in [-0.39, 0.29) is 23.9 Å². The molecule has 14 heteroatoms. The van der Waals surface area contributed by atoms with Gasteiger partial charge < -0.3 is 29.8 Å². The number of rotatable bonds is 8. The summed E-state index contributed by atoms with van der Waals surface area (Å²) in [4.78, 5) is 65.0. The van der Waals surface area contributed by atoms with Crippen LogP contribution in [0.2, 0.25) is 0 Å². The van der Waals surface area contributed by atoms with Crippen LogP contribution in [-0.2, 0) is 14.3 Å². The minimum atomic E-state index is -0.736. The Kier molecular flexibility index (Phi) is 8.77. The predicted molar refractivity (Wildman–Crippen MR) is 165 cm³/mol. The van der Waals surface area contributed by atoms with Crippen LogP contribution < -0.4 is 5.32 Å². The fraction of sp³-hybridized carbons (Fsp3) is 0.406. The second kappa shape index (κ2) is 13.1. The van der Waals surface area contributed by atoms with Gasteiger partial charge in [-0.15, -0.1) is 0 Å². The highest BCUT2D eigenvalue weighted by Crippen LogP contribution is 2.34. The fourth-order valence-electron chi connectivity index (χ4n) is 6.19. The van der Waals surface area contributed by atoms with Crippen molar-refractivity contribution in [2.75, 3.05) is 20.2 Å². The maximum absolute atomic E-state index is 15.3. The van der Waals surface area contributed by atoms with E-state index < -0.39 is 18.0 Å². The molecule has 6 rings (SSSR count). The van der Waals surface area contributed by atoms with Crippen molar-refractivity contribution < 1.29 is 23.5 Å². The number of aromatic amines is 2. The van der Waals surface area contributed by atoms with Gasteiger partial charge in [0, 0.05) is 54.8 Å². The lowest BCUT2D eigenvalue weighted by molar-refractivity contribution is -0.134. The highest BCUT2D eigenvalue weighted by atomic mass is 19.1. The Balaban J connectivity index is 1.14. The number of methoxy groups -OCH3 is 1. The molecule has 0 spiro atoms. The van der Waals surface area contributed by atoms with Crippen LogP contribution in [0.4, 0.5) is 9.18 Å². The highest BCUT2D eigenvalue weighted by molar-refractivity contribution is 5.85. The van der Waals surface area contributed by atoms with Crippen molar-refractivity contribution in [1.82, 2.24) is 45.0 Å². The van der Waals surface area contributed by atoms with Gasteiger partial charge in [0.2, 0.25) is 11.8 Å². The molecule has 3 atom stereocenters. The van der Waals surface area contributed by atoms with Crippen molar-refractivity contribution in [1.29, 1.82) is 0 Å². The van der Waals surface area contributed by atoms with E-state index >= 15 is 4.39 Å². The molecule has 0 unspecified atom stereocenters. The van der Waals surface area contributed by atoms with Gasteiger partial charge in [-0.25, -0.2) is 29.1 Å². The van der Waals surface area contributed by atoms with Gasteiger partial charge in [0.25, 0.3) is 0 Å². The number of carbonyl (C=O) groups excluding carboxylic acids is 3. The summed E-state index contributed by atoms with van der Waals surface area (Å²) in [6.45, 7) is 4.73. The van der Waals surface area contributed by atoms with E-state index in [4.69, 9.17) is 4.98 Å². The number of amides is 3. The molecule has 3 aromatic heterocycles. The molecular weight excluding hydrogens is 593 g/mol. The fourth-order valence-corrected chi connectivity index (χ4v) is 6.19. The normalized spacial score (nSPS) is 18.5. The van der Waals surface area contributed by atoms with Crippen molar-refractivity contribution in [2.45, 2.75) is 64.1 Å². The first-order valence-corrected chi connectivity index (χ1v) is 15.4. The van der Waals surface area contributed by atoms with Gasteiger partial charge in [0.1, 0.15) is 23.5 Å². The molecule has 3 amide bonds. The molecule has 240 valence electrons. The van der Waals surface area contributed by atoms with Gasteiger partial charge in [0.15, 0.2) is 5.82 Å². The lowest BCUT2D eigenvalue weighted by Gasteiger charge is -2.26. The third kappa shape index (κ3) is 6.06. The summed E-state index contributed by atoms with van der Waals surface area (Å²) < 4.78 is 20.0. The summed E-state index contributed by atoms with van der Waals surface area (Å²) in [5.74, 6) is 1.08. The number of hydrogen-bond acceptors (Lipinski definition) is 8. The Morgan fingerprint density at radius 1 is 1.02 bits per heavy atom. The SMILES string of the molecule is CCC(=O)N1CCC[C@H]1c1ncc(-c2ccc(-c3ncc(-c4c[nH]c([C@@H]5CCCN5C(=O)[C@H](C)NC(=O)OC)n4)cn3)cc2F)[nH]1. The Morgan fingerprint density at radius 2 is 1.74 bits per heavy atom. The number of likely N-dealkylation sites (tertiary alicyclic amines) is 2. The number of carbonyl (C=O) groups is 3. The zero-order valence-corrected chi connectivity index (χ0v) is 25.9. The first-order chi connectivity index (χ1) is 22.3. The second-order valence-corrected chi connectivity index (χ2v) is 11.5. The molecule has 0 bridgehead atoms. The molecule has 3 N–H and O–H groups in total. The summed E-state index contributed by atoms with van der Waals surface area (Å²) in [6, 6.07) is 3.69. The molecule has 0 saturated carbocycles. The standard InChI is InChI=1S/C32H36FN9O4/c1-4-27(43)41-11-5-7-25(41)29-37-17-24(40-29)21-10-9-19(13-22(21)33)28-34-14-20(15-35-28)23-16-36-30(39-23)26-8-6-12-42(26)31(44)18(2)38-32(45)46-3/h9-10,13-18,25-26H,4-8,11-12H2,1-3H3,(H,36,39)(H,37,40)(H,38,45)/t18-,25-,26-/m0/s1. The largest absolute Gasteiger partial charge is 0.453 e. The number of aromatic nitrogens is 6. The molecule has 46 heavy (non-hydrogen) atoms. The molecule has 1 aromatic carbocycles. The van der Waals surface area contributed by atoms with Crippen LogP contribution in [0.25, 0.3) is 33.9 Å². The predicted octanol–water partition coefficient (Wildman–Crippen LogP) is 4.54. The van der Waals surface area contributed by atoms with Crippen LogP contribution in [0.5, 0.6) is 0 Å². The summed E-state index contributed by atoms with van der Waals surface area (Å²) in [7, 11) is 1.25. The number of hydrogen-bond donors (Lipinski definition) is 3. The van der Waals surface area contributed by atoms with Crippen LogP contribution >= 0.6 is 0 Å². The van der Waals surface area contributed by atoms with Crippen molar-refractivity contribution in [3.8, 4) is 33.9 Å². The van der Waals surface area contributed by atoms with E-state index in [0.29, 0.717) is 65.1 Å². The molecule has 0 radical (unpaired) electrons. The van der Waals surface area contributed by atoms with Crippen molar-refractivity contribution in [3.05, 3.63) is 60.5 Å². The zero-order valence-electron chi connectivity index (χ0n) is 25.9. The number of H-pyrrole nitrogens is 2. The molecule has 2 aliphatic rings. The van der Waals surface area contributed by atoms with E-state index in [1.54, 1.807) is 48.7 Å². The maximum Gasteiger partial charge on any atom is 0.407 e. The minimum absolute atomic E-state index is 0.0863. The van der Waals surface area contributed by atoms with E-state index in [0.717, 1.165) is 25.7 Å². The lowest BCUT2D eigenvalue weighted by atomic mass is 10.1. The lowest BCUT2D eigenvalue weighted by Crippen LogP contribution is -2.46. The van der Waals surface area contributed by atoms with Crippen molar-refractivity contribution in [3.63, 3.8) is 0 Å². The van der Waals surface area contributed by atoms with Crippen molar-refractivity contribution >= 4 is 17.9 Å². The van der Waals surface area contributed by atoms with E-state index in [1.807, 2.05) is 11.8 Å². The van der Waals surface area contributed by atoms with Crippen LogP contribution in [0.1, 0.15) is 69.7 Å². The van der Waals surface area contributed by atoms with Gasteiger partial charge >= 0.3 is 6.09 Å². The summed E-state index contributed by atoms with van der Waals surface area (Å²) >= 11 is 0. The monoisotopic (exact) mass is 629 g/mol. The highest BCUT2D eigenvalue weighted by Gasteiger charge is 2.35. The summed E-state index contributed by atoms with van der Waals surface area (Å²) in [5.41, 5.74) is 2.69. The van der Waals surface area contributed by atoms with E-state index in [2.05, 4.69) is 35.0 Å². The Bertz CT molecular complexity index is 1740. The first-order valence-electron chi connectivity index (χ1n) is 15.4. The summed E-state index contributed by atoms with van der Waals surface area (Å²) in [6.07, 6.45) is 9.64. The summed E-state index contributed by atoms with van der Waals surface area (Å²) in [5, 5.41) is 2.52. The number of nitrogens with zero attached hydrogens (tertiary/aromatic N) is 6. The van der Waals surface area contributed by atoms with Gasteiger partial charge in [0.05, 0.1) is 36.8 Å². The smallest absolute Gasteiger partial charge is 0.407 e. The molecule has 2 saturated heterocycles. The number of ether oxygens (including phenoxy) is 1. The van der Waals surface area contributed by atoms with Crippen LogP contribution in [0.3, 0.4) is 0 Å². The molecule has 2 fully saturated rings. The zero-order chi connectivity index (χ0) is 32.4. The van der Waals surface area contributed by atoms with Crippen LogP contribution in [0, 0.1) is 5.82 Å². The third-order valence-corrected chi connectivity index (χ3v) is 8.59. The maximum atomic E-state index is 15.3. The Labute approximate surface area is 265 Å². The topological polar surface area (TPSA) is 162 Å². The molecular formula is C32H36FN9O4. The number of alkyl carbamates (subject to hydrolysis) is 1. The number of nitrogens with one attached hydrogen (secondary N) is 3. The van der Waals surface area contributed by atoms with Gasteiger partial charge in [-0.1, -0.05) is 13.0 Å². The average molecular weight is 630 g/mol. The number of imidazole rings is 2. The van der Waals surface area contributed by atoms with Gasteiger partial charge in [-0.05, 0) is 44.7 Å². The second-order valence-electron chi connectivity index (χ2n) is 11.5. The minimum Gasteiger partial charge on any atom is -0.453 e. The van der Waals surface area contributed by atoms with Crippen LogP contribution in [0.15, 0.2) is 43.0 Å². The average Bonchev–Trinajstić information content (AvgIpc) is 3.90. The van der Waals surface area contributed by atoms with E-state index in [9.17, 15) is 14.4 Å². The number of halogens is 1. The van der Waals surface area contributed by atoms with Gasteiger partial charge in [-0.2, -0.15) is 0 Å². The molecule has 5 heterocycles. The third-order valence-electron chi connectivity index (χ3n) is 8.59.